The van der Waals surface area contributed by atoms with Crippen LogP contribution in [0.5, 0.6) is 0 Å². The van der Waals surface area contributed by atoms with E-state index in [2.05, 4.69) is 9.97 Å². The Morgan fingerprint density at radius 2 is 2.27 bits per heavy atom. The molecule has 0 amide bonds. The fourth-order valence-electron chi connectivity index (χ4n) is 1.51. The van der Waals surface area contributed by atoms with E-state index < -0.39 is 0 Å². The second-order valence-corrected chi connectivity index (χ2v) is 3.38. The maximum absolute atomic E-state index is 11.5. The predicted molar refractivity (Wildman–Crippen MR) is 57.7 cm³/mol. The molecule has 0 unspecified atom stereocenters. The number of aliphatic hydroxyl groups excluding tert-OH is 1. The fourth-order valence-corrected chi connectivity index (χ4v) is 1.51. The molecule has 2 N–H and O–H groups in total. The van der Waals surface area contributed by atoms with E-state index in [4.69, 9.17) is 5.11 Å². The van der Waals surface area contributed by atoms with Gasteiger partial charge in [-0.3, -0.25) is 4.79 Å². The minimum Gasteiger partial charge on any atom is -0.392 e. The van der Waals surface area contributed by atoms with Crippen molar-refractivity contribution in [2.45, 2.75) is 20.0 Å². The number of rotatable bonds is 2. The second-order valence-electron chi connectivity index (χ2n) is 3.38. The van der Waals surface area contributed by atoms with Crippen molar-refractivity contribution in [3.8, 4) is 0 Å². The van der Waals surface area contributed by atoms with Crippen molar-refractivity contribution in [1.29, 1.82) is 0 Å². The number of aromatic amines is 1. The number of hydrogen-bond acceptors (Lipinski definition) is 3. The fraction of sp³-hybridized carbons (Fsp3) is 0.273. The third-order valence-electron chi connectivity index (χ3n) is 2.34. The molecule has 0 fully saturated rings. The summed E-state index contributed by atoms with van der Waals surface area (Å²) in [6.07, 6.45) is 0.618. The highest BCUT2D eigenvalue weighted by Crippen LogP contribution is 2.10. The predicted octanol–water partition coefficient (Wildman–Crippen LogP) is 0.978. The minimum atomic E-state index is -0.153. The van der Waals surface area contributed by atoms with Gasteiger partial charge in [0, 0.05) is 0 Å². The van der Waals surface area contributed by atoms with Crippen molar-refractivity contribution in [3.05, 3.63) is 39.8 Å². The molecule has 0 saturated heterocycles. The number of aliphatic hydroxyl groups is 1. The topological polar surface area (TPSA) is 66.0 Å². The monoisotopic (exact) mass is 204 g/mol. The van der Waals surface area contributed by atoms with E-state index >= 15 is 0 Å². The summed E-state index contributed by atoms with van der Waals surface area (Å²) in [7, 11) is 0. The number of fused-ring (bicyclic) bond motifs is 1. The van der Waals surface area contributed by atoms with Gasteiger partial charge in [0.05, 0.1) is 17.6 Å². The Balaban J connectivity index is 2.70. The lowest BCUT2D eigenvalue weighted by Crippen LogP contribution is -2.14. The third-order valence-corrected chi connectivity index (χ3v) is 2.34. The summed E-state index contributed by atoms with van der Waals surface area (Å²) in [5.74, 6) is 0. The van der Waals surface area contributed by atoms with Crippen LogP contribution in [0.4, 0.5) is 0 Å². The molecule has 0 atom stereocenters. The summed E-state index contributed by atoms with van der Waals surface area (Å²) in [5, 5.41) is 8.95. The van der Waals surface area contributed by atoms with Crippen LogP contribution in [0.3, 0.4) is 0 Å². The Kier molecular flexibility index (Phi) is 2.51. The van der Waals surface area contributed by atoms with E-state index in [1.165, 1.54) is 0 Å². The van der Waals surface area contributed by atoms with E-state index in [1.807, 2.05) is 6.92 Å². The van der Waals surface area contributed by atoms with Gasteiger partial charge in [-0.2, -0.15) is 0 Å². The van der Waals surface area contributed by atoms with E-state index in [0.29, 0.717) is 17.6 Å². The molecule has 4 nitrogen and oxygen atoms in total. The molecule has 1 aromatic carbocycles. The molecular formula is C11H12N2O2. The van der Waals surface area contributed by atoms with Crippen LogP contribution in [0.1, 0.15) is 18.2 Å². The first-order chi connectivity index (χ1) is 7.24. The molecule has 0 aliphatic heterocycles. The minimum absolute atomic E-state index is 0.0342. The highest BCUT2D eigenvalue weighted by Gasteiger charge is 2.02. The molecule has 0 aliphatic rings. The molecule has 0 bridgehead atoms. The maximum Gasteiger partial charge on any atom is 0.270 e. The summed E-state index contributed by atoms with van der Waals surface area (Å²) in [6.45, 7) is 1.86. The molecule has 4 heteroatoms. The number of nitrogens with one attached hydrogen (secondary N) is 1. The van der Waals surface area contributed by atoms with Crippen LogP contribution >= 0.6 is 0 Å². The summed E-state index contributed by atoms with van der Waals surface area (Å²) in [6, 6.07) is 5.34. The molecule has 1 aromatic heterocycles. The van der Waals surface area contributed by atoms with E-state index in [0.717, 1.165) is 11.1 Å². The van der Waals surface area contributed by atoms with E-state index in [9.17, 15) is 4.79 Å². The Bertz CT molecular complexity index is 546. The van der Waals surface area contributed by atoms with Gasteiger partial charge < -0.3 is 10.1 Å². The van der Waals surface area contributed by atoms with Gasteiger partial charge in [0.1, 0.15) is 5.69 Å². The lowest BCUT2D eigenvalue weighted by atomic mass is 10.2. The smallest absolute Gasteiger partial charge is 0.270 e. The Hall–Kier alpha value is -1.68. The molecule has 2 rings (SSSR count). The second kappa shape index (κ2) is 3.82. The normalized spacial score (nSPS) is 10.8. The van der Waals surface area contributed by atoms with Crippen molar-refractivity contribution in [2.24, 2.45) is 0 Å². The van der Waals surface area contributed by atoms with Gasteiger partial charge >= 0.3 is 0 Å². The van der Waals surface area contributed by atoms with Crippen LogP contribution in [0, 0.1) is 0 Å². The summed E-state index contributed by atoms with van der Waals surface area (Å²) >= 11 is 0. The summed E-state index contributed by atoms with van der Waals surface area (Å²) in [5.41, 5.74) is 2.58. The van der Waals surface area contributed by atoms with Gasteiger partial charge in [-0.25, -0.2) is 4.98 Å². The van der Waals surface area contributed by atoms with Crippen molar-refractivity contribution >= 4 is 11.0 Å². The first-order valence-electron chi connectivity index (χ1n) is 4.87. The standard InChI is InChI=1S/C11H12N2O2/c1-2-8-11(15)13-10-5-7(6-14)3-4-9(10)12-8/h3-5,14H,2,6H2,1H3,(H,13,15). The van der Waals surface area contributed by atoms with Crippen LogP contribution in [0.15, 0.2) is 23.0 Å². The number of aryl methyl sites for hydroxylation is 1. The van der Waals surface area contributed by atoms with Gasteiger partial charge in [0.15, 0.2) is 0 Å². The van der Waals surface area contributed by atoms with Crippen LogP contribution in [-0.4, -0.2) is 15.1 Å². The number of aromatic nitrogens is 2. The zero-order chi connectivity index (χ0) is 10.8. The first-order valence-corrected chi connectivity index (χ1v) is 4.87. The number of nitrogens with zero attached hydrogens (tertiary/aromatic N) is 1. The van der Waals surface area contributed by atoms with Crippen LogP contribution < -0.4 is 5.56 Å². The van der Waals surface area contributed by atoms with Gasteiger partial charge in [-0.15, -0.1) is 0 Å². The lowest BCUT2D eigenvalue weighted by molar-refractivity contribution is 0.282. The highest BCUT2D eigenvalue weighted by atomic mass is 16.3. The number of benzene rings is 1. The quantitative estimate of drug-likeness (QED) is 0.766. The van der Waals surface area contributed by atoms with Gasteiger partial charge in [-0.1, -0.05) is 13.0 Å². The first kappa shape index (κ1) is 9.86. The Morgan fingerprint density at radius 3 is 2.93 bits per heavy atom. The number of H-pyrrole nitrogens is 1. The van der Waals surface area contributed by atoms with E-state index in [1.54, 1.807) is 18.2 Å². The Labute approximate surface area is 86.6 Å². The maximum atomic E-state index is 11.5. The third kappa shape index (κ3) is 1.76. The van der Waals surface area contributed by atoms with Crippen LogP contribution in [0.25, 0.3) is 11.0 Å². The van der Waals surface area contributed by atoms with Crippen LogP contribution in [0.2, 0.25) is 0 Å². The molecule has 78 valence electrons. The van der Waals surface area contributed by atoms with Crippen LogP contribution in [-0.2, 0) is 13.0 Å². The van der Waals surface area contributed by atoms with Gasteiger partial charge in [-0.05, 0) is 24.1 Å². The zero-order valence-corrected chi connectivity index (χ0v) is 8.45. The van der Waals surface area contributed by atoms with Gasteiger partial charge in [0.2, 0.25) is 0 Å². The molecule has 2 aromatic rings. The average molecular weight is 204 g/mol. The molecular weight excluding hydrogens is 192 g/mol. The molecule has 15 heavy (non-hydrogen) atoms. The molecule has 0 radical (unpaired) electrons. The molecule has 0 spiro atoms. The zero-order valence-electron chi connectivity index (χ0n) is 8.45. The van der Waals surface area contributed by atoms with Crippen molar-refractivity contribution < 1.29 is 5.11 Å². The molecule has 1 heterocycles. The largest absolute Gasteiger partial charge is 0.392 e. The van der Waals surface area contributed by atoms with Crippen molar-refractivity contribution in [2.75, 3.05) is 0 Å². The van der Waals surface area contributed by atoms with Crippen molar-refractivity contribution in [3.63, 3.8) is 0 Å². The molecule has 0 aliphatic carbocycles. The molecule has 0 saturated carbocycles. The van der Waals surface area contributed by atoms with E-state index in [-0.39, 0.29) is 12.2 Å². The van der Waals surface area contributed by atoms with Gasteiger partial charge in [0.25, 0.3) is 5.56 Å². The SMILES string of the molecule is CCc1nc2ccc(CO)cc2[nH]c1=O. The summed E-state index contributed by atoms with van der Waals surface area (Å²) in [4.78, 5) is 18.5. The number of hydrogen-bond donors (Lipinski definition) is 2. The average Bonchev–Trinajstić information content (AvgIpc) is 2.27. The highest BCUT2D eigenvalue weighted by molar-refractivity contribution is 5.74. The lowest BCUT2D eigenvalue weighted by Gasteiger charge is -2.02. The van der Waals surface area contributed by atoms with Crippen molar-refractivity contribution in [1.82, 2.24) is 9.97 Å². The summed E-state index contributed by atoms with van der Waals surface area (Å²) < 4.78 is 0. The Morgan fingerprint density at radius 1 is 1.47 bits per heavy atom.